The monoisotopic (exact) mass is 269 g/mol. The molecule has 2 rings (SSSR count). The molecule has 0 aromatic carbocycles. The molecular weight excluding hydrogens is 254 g/mol. The molecule has 2 heterocycles. The quantitative estimate of drug-likeness (QED) is 0.861. The van der Waals surface area contributed by atoms with Crippen LogP contribution in [0.25, 0.3) is 0 Å². The molecule has 1 aromatic rings. The third kappa shape index (κ3) is 2.45. The van der Waals surface area contributed by atoms with Crippen molar-refractivity contribution in [2.24, 2.45) is 0 Å². The Morgan fingerprint density at radius 1 is 1.61 bits per heavy atom. The zero-order valence-corrected chi connectivity index (χ0v) is 11.1. The van der Waals surface area contributed by atoms with Gasteiger partial charge in [0.25, 0.3) is 0 Å². The maximum absolute atomic E-state index is 11.4. The van der Waals surface area contributed by atoms with Gasteiger partial charge in [-0.3, -0.25) is 4.79 Å². The van der Waals surface area contributed by atoms with Crippen molar-refractivity contribution in [1.82, 2.24) is 9.27 Å². The predicted octanol–water partition coefficient (Wildman–Crippen LogP) is 1.18. The van der Waals surface area contributed by atoms with Gasteiger partial charge in [0.15, 0.2) is 0 Å². The number of aromatic nitrogens is 1. The van der Waals surface area contributed by atoms with Crippen LogP contribution in [-0.4, -0.2) is 45.9 Å². The molecular formula is C11H15N3O3S. The molecule has 0 spiro atoms. The molecule has 1 aliphatic rings. The summed E-state index contributed by atoms with van der Waals surface area (Å²) in [6.45, 7) is 2.27. The Balaban J connectivity index is 2.10. The van der Waals surface area contributed by atoms with Gasteiger partial charge in [-0.2, -0.15) is 4.37 Å². The summed E-state index contributed by atoms with van der Waals surface area (Å²) < 4.78 is 4.06. The Hall–Kier alpha value is -1.63. The van der Waals surface area contributed by atoms with Crippen molar-refractivity contribution in [1.29, 1.82) is 0 Å². The Kier molecular flexibility index (Phi) is 3.51. The van der Waals surface area contributed by atoms with Crippen LogP contribution in [0.15, 0.2) is 0 Å². The smallest absolute Gasteiger partial charge is 0.340 e. The fraction of sp³-hybridized carbons (Fsp3) is 0.545. The van der Waals surface area contributed by atoms with Gasteiger partial charge in [0.05, 0.1) is 5.69 Å². The van der Waals surface area contributed by atoms with Gasteiger partial charge in [-0.25, -0.2) is 4.79 Å². The molecule has 18 heavy (non-hydrogen) atoms. The van der Waals surface area contributed by atoms with Gasteiger partial charge >= 0.3 is 5.97 Å². The van der Waals surface area contributed by atoms with Gasteiger partial charge < -0.3 is 15.3 Å². The minimum absolute atomic E-state index is 0.0886. The first kappa shape index (κ1) is 12.8. The van der Waals surface area contributed by atoms with E-state index in [9.17, 15) is 9.59 Å². The van der Waals surface area contributed by atoms with Crippen molar-refractivity contribution < 1.29 is 14.7 Å². The number of carboxylic acid groups (broad SMARTS) is 1. The summed E-state index contributed by atoms with van der Waals surface area (Å²) in [6, 6.07) is 0.0886. The van der Waals surface area contributed by atoms with Gasteiger partial charge in [0, 0.05) is 26.1 Å². The minimum Gasteiger partial charge on any atom is -0.478 e. The lowest BCUT2D eigenvalue weighted by atomic mass is 10.1. The lowest BCUT2D eigenvalue weighted by Gasteiger charge is -2.30. The van der Waals surface area contributed by atoms with Gasteiger partial charge in [0.1, 0.15) is 10.6 Å². The van der Waals surface area contributed by atoms with E-state index in [-0.39, 0.29) is 17.5 Å². The van der Waals surface area contributed by atoms with E-state index in [1.807, 2.05) is 0 Å². The van der Waals surface area contributed by atoms with Crippen LogP contribution in [0.3, 0.4) is 0 Å². The highest BCUT2D eigenvalue weighted by Gasteiger charge is 2.25. The number of nitrogens with one attached hydrogen (secondary N) is 1. The molecule has 1 saturated heterocycles. The zero-order valence-electron chi connectivity index (χ0n) is 10.3. The fourth-order valence-corrected chi connectivity index (χ4v) is 2.90. The SMILES string of the molecule is Cc1nsc(NC2CCC(=O)N(C)C2)c1C(=O)O. The van der Waals surface area contributed by atoms with Crippen molar-refractivity contribution in [2.45, 2.75) is 25.8 Å². The highest BCUT2D eigenvalue weighted by atomic mass is 32.1. The van der Waals surface area contributed by atoms with Crippen LogP contribution < -0.4 is 5.32 Å². The number of aromatic carboxylic acids is 1. The second-order valence-electron chi connectivity index (χ2n) is 4.43. The predicted molar refractivity (Wildman–Crippen MR) is 68.1 cm³/mol. The lowest BCUT2D eigenvalue weighted by Crippen LogP contribution is -2.43. The van der Waals surface area contributed by atoms with Crippen LogP contribution in [0.4, 0.5) is 5.00 Å². The first-order valence-corrected chi connectivity index (χ1v) is 6.46. The number of nitrogens with zero attached hydrogens (tertiary/aromatic N) is 2. The third-order valence-electron chi connectivity index (χ3n) is 3.04. The molecule has 1 aromatic heterocycles. The molecule has 6 nitrogen and oxygen atoms in total. The van der Waals surface area contributed by atoms with E-state index in [2.05, 4.69) is 9.69 Å². The van der Waals surface area contributed by atoms with Crippen LogP contribution in [0.1, 0.15) is 28.9 Å². The van der Waals surface area contributed by atoms with Gasteiger partial charge in [-0.15, -0.1) is 0 Å². The second-order valence-corrected chi connectivity index (χ2v) is 5.20. The number of anilines is 1. The van der Waals surface area contributed by atoms with Crippen LogP contribution >= 0.6 is 11.5 Å². The summed E-state index contributed by atoms with van der Waals surface area (Å²) >= 11 is 1.15. The average Bonchev–Trinajstić information content (AvgIpc) is 2.65. The van der Waals surface area contributed by atoms with Crippen LogP contribution in [-0.2, 0) is 4.79 Å². The van der Waals surface area contributed by atoms with E-state index in [0.29, 0.717) is 23.7 Å². The number of likely N-dealkylation sites (N-methyl/N-ethyl adjacent to an activating group) is 1. The number of carboxylic acids is 1. The molecule has 1 unspecified atom stereocenters. The molecule has 1 amide bonds. The van der Waals surface area contributed by atoms with E-state index in [1.54, 1.807) is 18.9 Å². The number of rotatable bonds is 3. The fourth-order valence-electron chi connectivity index (χ4n) is 2.04. The summed E-state index contributed by atoms with van der Waals surface area (Å²) in [7, 11) is 1.76. The zero-order chi connectivity index (χ0) is 13.3. The summed E-state index contributed by atoms with van der Waals surface area (Å²) in [5, 5.41) is 12.9. The molecule has 7 heteroatoms. The van der Waals surface area contributed by atoms with Crippen LogP contribution in [0.5, 0.6) is 0 Å². The summed E-state index contributed by atoms with van der Waals surface area (Å²) in [4.78, 5) is 24.2. The van der Waals surface area contributed by atoms with E-state index in [0.717, 1.165) is 18.0 Å². The second kappa shape index (κ2) is 4.93. The minimum atomic E-state index is -0.969. The molecule has 98 valence electrons. The topological polar surface area (TPSA) is 82.5 Å². The summed E-state index contributed by atoms with van der Waals surface area (Å²) in [5.41, 5.74) is 0.759. The average molecular weight is 269 g/mol. The molecule has 0 radical (unpaired) electrons. The molecule has 0 bridgehead atoms. The van der Waals surface area contributed by atoms with Gasteiger partial charge in [-0.05, 0) is 24.9 Å². The maximum atomic E-state index is 11.4. The number of carbonyl (C=O) groups is 2. The molecule has 0 aliphatic carbocycles. The lowest BCUT2D eigenvalue weighted by molar-refractivity contribution is -0.132. The highest BCUT2D eigenvalue weighted by molar-refractivity contribution is 7.10. The highest BCUT2D eigenvalue weighted by Crippen LogP contribution is 2.26. The van der Waals surface area contributed by atoms with E-state index in [4.69, 9.17) is 5.11 Å². The van der Waals surface area contributed by atoms with Gasteiger partial charge in [-0.1, -0.05) is 0 Å². The number of aryl methyl sites for hydroxylation is 1. The Morgan fingerprint density at radius 2 is 2.33 bits per heavy atom. The van der Waals surface area contributed by atoms with Crippen molar-refractivity contribution in [2.75, 3.05) is 18.9 Å². The Bertz CT molecular complexity index is 486. The maximum Gasteiger partial charge on any atom is 0.340 e. The molecule has 2 N–H and O–H groups in total. The van der Waals surface area contributed by atoms with E-state index in [1.165, 1.54) is 0 Å². The molecule has 1 fully saturated rings. The summed E-state index contributed by atoms with van der Waals surface area (Å²) in [5.74, 6) is -0.837. The first-order chi connectivity index (χ1) is 8.49. The van der Waals surface area contributed by atoms with E-state index >= 15 is 0 Å². The van der Waals surface area contributed by atoms with Crippen molar-refractivity contribution in [3.8, 4) is 0 Å². The Labute approximate surface area is 109 Å². The number of hydrogen-bond donors (Lipinski definition) is 2. The Morgan fingerprint density at radius 3 is 2.94 bits per heavy atom. The van der Waals surface area contributed by atoms with Crippen molar-refractivity contribution in [3.05, 3.63) is 11.3 Å². The number of likely N-dealkylation sites (tertiary alicyclic amines) is 1. The van der Waals surface area contributed by atoms with Crippen molar-refractivity contribution in [3.63, 3.8) is 0 Å². The normalized spacial score (nSPS) is 20.0. The summed E-state index contributed by atoms with van der Waals surface area (Å²) in [6.07, 6.45) is 1.22. The van der Waals surface area contributed by atoms with E-state index < -0.39 is 5.97 Å². The van der Waals surface area contributed by atoms with Crippen LogP contribution in [0.2, 0.25) is 0 Å². The number of carbonyl (C=O) groups excluding carboxylic acids is 1. The van der Waals surface area contributed by atoms with Crippen molar-refractivity contribution >= 4 is 28.4 Å². The molecule has 1 atom stereocenters. The molecule has 0 saturated carbocycles. The largest absolute Gasteiger partial charge is 0.478 e. The standard InChI is InChI=1S/C11H15N3O3S/c1-6-9(11(16)17)10(18-13-6)12-7-3-4-8(15)14(2)5-7/h7,12H,3-5H2,1-2H3,(H,16,17). The van der Waals surface area contributed by atoms with Crippen LogP contribution in [0, 0.1) is 6.92 Å². The van der Waals surface area contributed by atoms with Gasteiger partial charge in [0.2, 0.25) is 5.91 Å². The number of amides is 1. The number of hydrogen-bond acceptors (Lipinski definition) is 5. The first-order valence-electron chi connectivity index (χ1n) is 5.69. The third-order valence-corrected chi connectivity index (χ3v) is 3.91. The molecule has 1 aliphatic heterocycles. The number of piperidine rings is 1.